The number of hydrogen-bond donors (Lipinski definition) is 2. The Bertz CT molecular complexity index is 1310. The monoisotopic (exact) mass is 429 g/mol. The number of fused-ring (bicyclic) bond motifs is 1. The highest BCUT2D eigenvalue weighted by molar-refractivity contribution is 7.80. The van der Waals surface area contributed by atoms with E-state index >= 15 is 0 Å². The highest BCUT2D eigenvalue weighted by Gasteiger charge is 2.15. The molecule has 0 radical (unpaired) electrons. The molecular weight excluding hydrogens is 406 g/mol. The molecule has 0 aliphatic heterocycles. The minimum atomic E-state index is -0.254. The smallest absolute Gasteiger partial charge is 0.257 e. The lowest BCUT2D eigenvalue weighted by Gasteiger charge is -2.13. The van der Waals surface area contributed by atoms with Crippen molar-refractivity contribution >= 4 is 40.0 Å². The van der Waals surface area contributed by atoms with Crippen molar-refractivity contribution in [3.8, 4) is 11.5 Å². The van der Waals surface area contributed by atoms with E-state index in [0.29, 0.717) is 11.5 Å². The van der Waals surface area contributed by atoms with Gasteiger partial charge in [0.15, 0.2) is 10.7 Å². The van der Waals surface area contributed by atoms with Gasteiger partial charge in [-0.2, -0.15) is 0 Å². The lowest BCUT2D eigenvalue weighted by Crippen LogP contribution is -2.34. The largest absolute Gasteiger partial charge is 0.436 e. The predicted molar refractivity (Wildman–Crippen MR) is 129 cm³/mol. The first-order chi connectivity index (χ1) is 14.8. The molecule has 1 heterocycles. The van der Waals surface area contributed by atoms with Gasteiger partial charge in [0.25, 0.3) is 5.91 Å². The molecule has 4 rings (SSSR count). The van der Waals surface area contributed by atoms with Crippen LogP contribution in [0.5, 0.6) is 0 Å². The summed E-state index contributed by atoms with van der Waals surface area (Å²) < 4.78 is 6.07. The summed E-state index contributed by atoms with van der Waals surface area (Å²) in [6, 6.07) is 17.2. The third-order valence-electron chi connectivity index (χ3n) is 5.17. The zero-order valence-corrected chi connectivity index (χ0v) is 18.7. The highest BCUT2D eigenvalue weighted by Crippen LogP contribution is 2.32. The summed E-state index contributed by atoms with van der Waals surface area (Å²) in [5.41, 5.74) is 8.05. The molecule has 0 aliphatic carbocycles. The summed E-state index contributed by atoms with van der Waals surface area (Å²) in [5.74, 6) is 0.301. The molecule has 0 bridgehead atoms. The molecule has 4 aromatic rings. The molecule has 0 aliphatic rings. The lowest BCUT2D eigenvalue weighted by atomic mass is 10.1. The SMILES string of the molecule is Cc1ccc(C(=O)NC(=S)Nc2cccc(-c3nc4cc(C)cc(C)c4o3)c2C)cc1. The summed E-state index contributed by atoms with van der Waals surface area (Å²) in [5, 5.41) is 6.08. The summed E-state index contributed by atoms with van der Waals surface area (Å²) in [4.78, 5) is 17.1. The Morgan fingerprint density at radius 1 is 0.968 bits per heavy atom. The van der Waals surface area contributed by atoms with Crippen molar-refractivity contribution in [2.45, 2.75) is 27.7 Å². The van der Waals surface area contributed by atoms with Gasteiger partial charge in [-0.1, -0.05) is 29.8 Å². The first kappa shape index (κ1) is 20.8. The second kappa shape index (κ2) is 8.32. The maximum Gasteiger partial charge on any atom is 0.257 e. The van der Waals surface area contributed by atoms with Crippen LogP contribution in [0.15, 0.2) is 59.0 Å². The van der Waals surface area contributed by atoms with E-state index in [1.165, 1.54) is 0 Å². The molecule has 1 amide bonds. The molecule has 6 heteroatoms. The van der Waals surface area contributed by atoms with E-state index < -0.39 is 0 Å². The number of rotatable bonds is 3. The average molecular weight is 430 g/mol. The topological polar surface area (TPSA) is 67.2 Å². The Morgan fingerprint density at radius 3 is 2.45 bits per heavy atom. The third kappa shape index (κ3) is 4.34. The summed E-state index contributed by atoms with van der Waals surface area (Å²) in [6.07, 6.45) is 0. The lowest BCUT2D eigenvalue weighted by molar-refractivity contribution is 0.0977. The van der Waals surface area contributed by atoms with Gasteiger partial charge < -0.3 is 9.73 Å². The third-order valence-corrected chi connectivity index (χ3v) is 5.38. The average Bonchev–Trinajstić information content (AvgIpc) is 3.14. The molecule has 156 valence electrons. The van der Waals surface area contributed by atoms with Gasteiger partial charge in [0.1, 0.15) is 5.52 Å². The maximum absolute atomic E-state index is 12.4. The van der Waals surface area contributed by atoms with E-state index in [2.05, 4.69) is 21.7 Å². The number of aryl methyl sites for hydroxylation is 3. The molecule has 2 N–H and O–H groups in total. The van der Waals surface area contributed by atoms with E-state index in [0.717, 1.165) is 44.6 Å². The number of hydrogen-bond acceptors (Lipinski definition) is 4. The fraction of sp³-hybridized carbons (Fsp3) is 0.160. The minimum Gasteiger partial charge on any atom is -0.436 e. The van der Waals surface area contributed by atoms with Crippen LogP contribution in [0.3, 0.4) is 0 Å². The number of nitrogens with one attached hydrogen (secondary N) is 2. The zero-order valence-electron chi connectivity index (χ0n) is 17.9. The first-order valence-electron chi connectivity index (χ1n) is 9.98. The molecule has 0 spiro atoms. The van der Waals surface area contributed by atoms with Crippen molar-refractivity contribution < 1.29 is 9.21 Å². The second-order valence-corrected chi connectivity index (χ2v) is 8.11. The molecule has 0 saturated heterocycles. The summed E-state index contributed by atoms with van der Waals surface area (Å²) in [7, 11) is 0. The van der Waals surface area contributed by atoms with Crippen LogP contribution in [0.1, 0.15) is 32.6 Å². The highest BCUT2D eigenvalue weighted by atomic mass is 32.1. The molecule has 0 unspecified atom stereocenters. The number of nitrogens with zero attached hydrogens (tertiary/aromatic N) is 1. The Labute approximate surface area is 186 Å². The Morgan fingerprint density at radius 2 is 1.71 bits per heavy atom. The number of benzene rings is 3. The summed E-state index contributed by atoms with van der Waals surface area (Å²) in [6.45, 7) is 8.00. The molecule has 0 atom stereocenters. The van der Waals surface area contributed by atoms with Crippen LogP contribution in [0.2, 0.25) is 0 Å². The number of carbonyl (C=O) groups excluding carboxylic acids is 1. The van der Waals surface area contributed by atoms with Crippen molar-refractivity contribution in [1.82, 2.24) is 10.3 Å². The van der Waals surface area contributed by atoms with Crippen LogP contribution >= 0.6 is 12.2 Å². The predicted octanol–water partition coefficient (Wildman–Crippen LogP) is 5.86. The van der Waals surface area contributed by atoms with Gasteiger partial charge >= 0.3 is 0 Å². The first-order valence-corrected chi connectivity index (χ1v) is 10.4. The van der Waals surface area contributed by atoms with Gasteiger partial charge in [-0.05, 0) is 86.9 Å². The molecular formula is C25H23N3O2S. The van der Waals surface area contributed by atoms with Gasteiger partial charge in [0.2, 0.25) is 5.89 Å². The number of oxazole rings is 1. The zero-order chi connectivity index (χ0) is 22.1. The molecule has 5 nitrogen and oxygen atoms in total. The van der Waals surface area contributed by atoms with Crippen LogP contribution in [-0.2, 0) is 0 Å². The second-order valence-electron chi connectivity index (χ2n) is 7.70. The molecule has 3 aromatic carbocycles. The molecule has 31 heavy (non-hydrogen) atoms. The quantitative estimate of drug-likeness (QED) is 0.400. The van der Waals surface area contributed by atoms with Crippen molar-refractivity contribution in [3.63, 3.8) is 0 Å². The minimum absolute atomic E-state index is 0.231. The number of thiocarbonyl (C=S) groups is 1. The Balaban J connectivity index is 1.56. The van der Waals surface area contributed by atoms with E-state index in [1.807, 2.05) is 64.1 Å². The number of aromatic nitrogens is 1. The standard InChI is InChI=1S/C25H23N3O2S/c1-14-8-10-18(11-9-14)23(29)28-25(31)27-20-7-5-6-19(17(20)4)24-26-21-13-15(2)12-16(3)22(21)30-24/h5-13H,1-4H3,(H2,27,28,29,31). The molecule has 1 aromatic heterocycles. The number of anilines is 1. The van der Waals surface area contributed by atoms with Gasteiger partial charge in [0, 0.05) is 16.8 Å². The number of amides is 1. The Hall–Kier alpha value is -3.51. The van der Waals surface area contributed by atoms with E-state index in [-0.39, 0.29) is 11.0 Å². The van der Waals surface area contributed by atoms with E-state index in [9.17, 15) is 4.79 Å². The van der Waals surface area contributed by atoms with Crippen molar-refractivity contribution in [2.75, 3.05) is 5.32 Å². The van der Waals surface area contributed by atoms with Crippen LogP contribution in [0, 0.1) is 27.7 Å². The van der Waals surface area contributed by atoms with Crippen LogP contribution < -0.4 is 10.6 Å². The van der Waals surface area contributed by atoms with Crippen molar-refractivity contribution in [2.24, 2.45) is 0 Å². The van der Waals surface area contributed by atoms with Gasteiger partial charge in [-0.3, -0.25) is 10.1 Å². The normalized spacial score (nSPS) is 10.8. The van der Waals surface area contributed by atoms with E-state index in [4.69, 9.17) is 16.6 Å². The van der Waals surface area contributed by atoms with Gasteiger partial charge in [0.05, 0.1) is 0 Å². The van der Waals surface area contributed by atoms with E-state index in [1.54, 1.807) is 12.1 Å². The molecule has 0 fully saturated rings. The fourth-order valence-corrected chi connectivity index (χ4v) is 3.73. The van der Waals surface area contributed by atoms with Gasteiger partial charge in [-0.25, -0.2) is 4.98 Å². The fourth-order valence-electron chi connectivity index (χ4n) is 3.53. The van der Waals surface area contributed by atoms with Gasteiger partial charge in [-0.15, -0.1) is 0 Å². The number of carbonyl (C=O) groups is 1. The van der Waals surface area contributed by atoms with Crippen LogP contribution in [0.25, 0.3) is 22.6 Å². The van der Waals surface area contributed by atoms with Crippen molar-refractivity contribution in [3.05, 3.63) is 82.4 Å². The Kier molecular flexibility index (Phi) is 5.57. The maximum atomic E-state index is 12.4. The van der Waals surface area contributed by atoms with Crippen LogP contribution in [-0.4, -0.2) is 16.0 Å². The summed E-state index contributed by atoms with van der Waals surface area (Å²) >= 11 is 5.36. The van der Waals surface area contributed by atoms with Crippen molar-refractivity contribution in [1.29, 1.82) is 0 Å². The van der Waals surface area contributed by atoms with Crippen LogP contribution in [0.4, 0.5) is 5.69 Å². The molecule has 0 saturated carbocycles.